The van der Waals surface area contributed by atoms with Gasteiger partial charge in [-0.2, -0.15) is 0 Å². The Morgan fingerprint density at radius 2 is 2.23 bits per heavy atom. The van der Waals surface area contributed by atoms with Gasteiger partial charge in [0.1, 0.15) is 11.4 Å². The van der Waals surface area contributed by atoms with E-state index in [1.165, 1.54) is 12.5 Å². The van der Waals surface area contributed by atoms with E-state index in [0.717, 1.165) is 0 Å². The minimum absolute atomic E-state index is 0.0237. The van der Waals surface area contributed by atoms with E-state index in [1.807, 2.05) is 13.8 Å². The average molecular weight is 304 g/mol. The highest BCUT2D eigenvalue weighted by molar-refractivity contribution is 5.93. The van der Waals surface area contributed by atoms with Crippen LogP contribution < -0.4 is 10.1 Å². The summed E-state index contributed by atoms with van der Waals surface area (Å²) in [6.07, 6.45) is 2.94. The molecule has 2 aromatic heterocycles. The second-order valence-corrected chi connectivity index (χ2v) is 5.49. The lowest BCUT2D eigenvalue weighted by Gasteiger charge is -2.21. The Bertz CT molecular complexity index is 604. The van der Waals surface area contributed by atoms with Crippen LogP contribution in [0.1, 0.15) is 36.9 Å². The molecule has 22 heavy (non-hydrogen) atoms. The molecular formula is C16H20N2O4. The summed E-state index contributed by atoms with van der Waals surface area (Å²) >= 11 is 0. The second kappa shape index (κ2) is 6.62. The zero-order valence-electron chi connectivity index (χ0n) is 12.9. The van der Waals surface area contributed by atoms with Crippen molar-refractivity contribution in [3.8, 4) is 5.88 Å². The number of carbonyl (C=O) groups is 1. The van der Waals surface area contributed by atoms with Gasteiger partial charge in [-0.15, -0.1) is 0 Å². The Morgan fingerprint density at radius 1 is 1.45 bits per heavy atom. The molecule has 118 valence electrons. The third kappa shape index (κ3) is 4.08. The molecular weight excluding hydrogens is 284 g/mol. The summed E-state index contributed by atoms with van der Waals surface area (Å²) in [4.78, 5) is 16.1. The van der Waals surface area contributed by atoms with Gasteiger partial charge in [0.25, 0.3) is 5.91 Å². The van der Waals surface area contributed by atoms with Gasteiger partial charge in [0, 0.05) is 12.3 Å². The van der Waals surface area contributed by atoms with Gasteiger partial charge < -0.3 is 19.6 Å². The summed E-state index contributed by atoms with van der Waals surface area (Å²) in [5, 5.41) is 12.9. The molecule has 6 nitrogen and oxygen atoms in total. The lowest BCUT2D eigenvalue weighted by Crippen LogP contribution is -2.38. The van der Waals surface area contributed by atoms with Crippen LogP contribution in [0.2, 0.25) is 0 Å². The number of amides is 1. The van der Waals surface area contributed by atoms with E-state index in [1.54, 1.807) is 31.2 Å². The first kappa shape index (κ1) is 16.0. The van der Waals surface area contributed by atoms with Crippen molar-refractivity contribution in [2.75, 3.05) is 6.54 Å². The lowest BCUT2D eigenvalue weighted by molar-refractivity contribution is 0.0330. The Balaban J connectivity index is 1.95. The SMILES string of the molecule is CC(C)Oc1ccc(C(=O)NCC(C)(O)c2ccco2)cn1. The van der Waals surface area contributed by atoms with Crippen LogP contribution in [-0.4, -0.2) is 28.6 Å². The monoisotopic (exact) mass is 304 g/mol. The van der Waals surface area contributed by atoms with Gasteiger partial charge in [-0.3, -0.25) is 4.79 Å². The van der Waals surface area contributed by atoms with Crippen molar-refractivity contribution >= 4 is 5.91 Å². The van der Waals surface area contributed by atoms with Crippen LogP contribution >= 0.6 is 0 Å². The minimum atomic E-state index is -1.27. The highest BCUT2D eigenvalue weighted by Crippen LogP contribution is 2.20. The fourth-order valence-electron chi connectivity index (χ4n) is 1.85. The number of aliphatic hydroxyl groups is 1. The van der Waals surface area contributed by atoms with Gasteiger partial charge in [0.05, 0.1) is 24.5 Å². The number of hydrogen-bond donors (Lipinski definition) is 2. The molecule has 0 aromatic carbocycles. The zero-order chi connectivity index (χ0) is 16.2. The maximum Gasteiger partial charge on any atom is 0.252 e. The van der Waals surface area contributed by atoms with E-state index in [9.17, 15) is 9.90 Å². The fourth-order valence-corrected chi connectivity index (χ4v) is 1.85. The maximum atomic E-state index is 12.1. The smallest absolute Gasteiger partial charge is 0.252 e. The number of ether oxygens (including phenoxy) is 1. The van der Waals surface area contributed by atoms with Gasteiger partial charge >= 0.3 is 0 Å². The van der Waals surface area contributed by atoms with Crippen molar-refractivity contribution in [3.05, 3.63) is 48.0 Å². The van der Waals surface area contributed by atoms with Crippen molar-refractivity contribution in [3.63, 3.8) is 0 Å². The standard InChI is InChI=1S/C16H20N2O4/c1-11(2)22-14-7-6-12(9-17-14)15(19)18-10-16(3,20)13-5-4-8-21-13/h4-9,11,20H,10H2,1-3H3,(H,18,19). The van der Waals surface area contributed by atoms with E-state index < -0.39 is 5.60 Å². The van der Waals surface area contributed by atoms with Crippen LogP contribution in [0, 0.1) is 0 Å². The van der Waals surface area contributed by atoms with Gasteiger partial charge in [-0.1, -0.05) is 0 Å². The van der Waals surface area contributed by atoms with E-state index in [-0.39, 0.29) is 18.6 Å². The van der Waals surface area contributed by atoms with Crippen LogP contribution in [0.4, 0.5) is 0 Å². The molecule has 0 aliphatic rings. The zero-order valence-corrected chi connectivity index (χ0v) is 12.9. The molecule has 0 radical (unpaired) electrons. The number of aromatic nitrogens is 1. The summed E-state index contributed by atoms with van der Waals surface area (Å²) < 4.78 is 10.6. The van der Waals surface area contributed by atoms with Crippen LogP contribution in [0.5, 0.6) is 5.88 Å². The van der Waals surface area contributed by atoms with Crippen LogP contribution in [0.25, 0.3) is 0 Å². The molecule has 1 atom stereocenters. The lowest BCUT2D eigenvalue weighted by atomic mass is 10.0. The third-order valence-electron chi connectivity index (χ3n) is 3.00. The number of rotatable bonds is 6. The topological polar surface area (TPSA) is 84.6 Å². The fraction of sp³-hybridized carbons (Fsp3) is 0.375. The molecule has 0 saturated heterocycles. The first-order valence-electron chi connectivity index (χ1n) is 7.06. The van der Waals surface area contributed by atoms with E-state index in [4.69, 9.17) is 9.15 Å². The average Bonchev–Trinajstić information content (AvgIpc) is 3.00. The molecule has 2 aromatic rings. The largest absolute Gasteiger partial charge is 0.475 e. The second-order valence-electron chi connectivity index (χ2n) is 5.49. The van der Waals surface area contributed by atoms with Crippen molar-refractivity contribution in [1.82, 2.24) is 10.3 Å². The minimum Gasteiger partial charge on any atom is -0.475 e. The first-order chi connectivity index (χ1) is 10.4. The molecule has 2 N–H and O–H groups in total. The molecule has 0 aliphatic carbocycles. The number of pyridine rings is 1. The summed E-state index contributed by atoms with van der Waals surface area (Å²) in [6.45, 7) is 5.41. The molecule has 2 heterocycles. The molecule has 0 fully saturated rings. The molecule has 1 amide bonds. The summed E-state index contributed by atoms with van der Waals surface area (Å²) in [6, 6.07) is 6.61. The van der Waals surface area contributed by atoms with Gasteiger partial charge in [0.2, 0.25) is 5.88 Å². The van der Waals surface area contributed by atoms with Crippen molar-refractivity contribution in [1.29, 1.82) is 0 Å². The van der Waals surface area contributed by atoms with Crippen molar-refractivity contribution in [2.45, 2.75) is 32.5 Å². The normalized spacial score (nSPS) is 13.7. The van der Waals surface area contributed by atoms with Crippen molar-refractivity contribution in [2.24, 2.45) is 0 Å². The Hall–Kier alpha value is -2.34. The third-order valence-corrected chi connectivity index (χ3v) is 3.00. The van der Waals surface area contributed by atoms with Crippen LogP contribution in [0.3, 0.4) is 0 Å². The van der Waals surface area contributed by atoms with Crippen LogP contribution in [-0.2, 0) is 5.60 Å². The highest BCUT2D eigenvalue weighted by atomic mass is 16.5. The molecule has 0 aliphatic heterocycles. The van der Waals surface area contributed by atoms with Crippen LogP contribution in [0.15, 0.2) is 41.1 Å². The number of nitrogens with one attached hydrogen (secondary N) is 1. The molecule has 0 bridgehead atoms. The molecule has 0 saturated carbocycles. The molecule has 1 unspecified atom stereocenters. The van der Waals surface area contributed by atoms with E-state index in [2.05, 4.69) is 10.3 Å². The van der Waals surface area contributed by atoms with Gasteiger partial charge in [-0.25, -0.2) is 4.98 Å². The van der Waals surface area contributed by atoms with E-state index >= 15 is 0 Å². The number of carbonyl (C=O) groups excluding carboxylic acids is 1. The molecule has 2 rings (SSSR count). The Kier molecular flexibility index (Phi) is 4.82. The first-order valence-corrected chi connectivity index (χ1v) is 7.06. The van der Waals surface area contributed by atoms with Gasteiger partial charge in [0.15, 0.2) is 0 Å². The van der Waals surface area contributed by atoms with E-state index in [0.29, 0.717) is 17.2 Å². The summed E-state index contributed by atoms with van der Waals surface area (Å²) in [7, 11) is 0. The molecule has 6 heteroatoms. The van der Waals surface area contributed by atoms with Gasteiger partial charge in [-0.05, 0) is 39.0 Å². The summed E-state index contributed by atoms with van der Waals surface area (Å²) in [5.74, 6) is 0.538. The Morgan fingerprint density at radius 3 is 2.77 bits per heavy atom. The number of hydrogen-bond acceptors (Lipinski definition) is 5. The Labute approximate surface area is 129 Å². The maximum absolute atomic E-state index is 12.1. The molecule has 0 spiro atoms. The predicted octanol–water partition coefficient (Wildman–Crippen LogP) is 2.10. The predicted molar refractivity (Wildman–Crippen MR) is 80.6 cm³/mol. The number of furan rings is 1. The van der Waals surface area contributed by atoms with Crippen molar-refractivity contribution < 1.29 is 19.1 Å². The summed E-state index contributed by atoms with van der Waals surface area (Å²) in [5.41, 5.74) is -0.876. The highest BCUT2D eigenvalue weighted by Gasteiger charge is 2.27. The quantitative estimate of drug-likeness (QED) is 0.853. The number of nitrogens with zero attached hydrogens (tertiary/aromatic N) is 1.